The molecule has 6 rings (SSSR count). The van der Waals surface area contributed by atoms with Gasteiger partial charge >= 0.3 is 17.9 Å². The molecule has 0 aromatic carbocycles. The lowest BCUT2D eigenvalue weighted by Crippen LogP contribution is -2.12. The molecule has 0 fully saturated rings. The van der Waals surface area contributed by atoms with Gasteiger partial charge in [0, 0.05) is 33.6 Å². The highest BCUT2D eigenvalue weighted by atomic mass is 16.6. The average molecular weight is 577 g/mol. The van der Waals surface area contributed by atoms with Gasteiger partial charge in [0.15, 0.2) is 0 Å². The molecule has 3 aromatic heterocycles. The van der Waals surface area contributed by atoms with Crippen LogP contribution >= 0.6 is 0 Å². The van der Waals surface area contributed by atoms with Gasteiger partial charge < -0.3 is 19.8 Å². The van der Waals surface area contributed by atoms with Crippen molar-refractivity contribution in [3.8, 4) is 0 Å². The van der Waals surface area contributed by atoms with E-state index in [1.54, 1.807) is 12.2 Å². The Hall–Kier alpha value is -5.05. The molecule has 0 aliphatic carbocycles. The van der Waals surface area contributed by atoms with E-state index in [2.05, 4.69) is 30.4 Å². The van der Waals surface area contributed by atoms with Crippen LogP contribution in [0.3, 0.4) is 0 Å². The van der Waals surface area contributed by atoms with Crippen LogP contribution in [0, 0.1) is 13.8 Å². The maximum Gasteiger partial charge on any atom is 0.348 e. The Labute approximate surface area is 248 Å². The topological polar surface area (TPSA) is 138 Å². The van der Waals surface area contributed by atoms with Gasteiger partial charge in [0.05, 0.1) is 46.7 Å². The fourth-order valence-electron chi connectivity index (χ4n) is 6.32. The van der Waals surface area contributed by atoms with Gasteiger partial charge in [-0.15, -0.1) is 0 Å². The van der Waals surface area contributed by atoms with Gasteiger partial charge in [0.1, 0.15) is 0 Å². The molecule has 0 radical (unpaired) electrons. The lowest BCUT2D eigenvalue weighted by molar-refractivity contribution is -0.137. The molecule has 0 saturated carbocycles. The number of H-pyrrole nitrogens is 2. The summed E-state index contributed by atoms with van der Waals surface area (Å²) in [5.74, 6) is -2.71. The largest absolute Gasteiger partial charge is 0.481 e. The number of nitrogens with zero attached hydrogens (tertiary/aromatic N) is 2. The summed E-state index contributed by atoms with van der Waals surface area (Å²) in [5.41, 5.74) is 11.7. The number of aryl methyl sites for hydroxylation is 3. The first-order chi connectivity index (χ1) is 20.5. The summed E-state index contributed by atoms with van der Waals surface area (Å²) in [4.78, 5) is 54.6. The summed E-state index contributed by atoms with van der Waals surface area (Å²) >= 11 is 0. The van der Waals surface area contributed by atoms with E-state index in [-0.39, 0.29) is 24.3 Å². The number of hydrogen-bond acceptors (Lipinski definition) is 6. The normalized spacial score (nSPS) is 17.3. The highest BCUT2D eigenvalue weighted by Crippen LogP contribution is 2.41. The van der Waals surface area contributed by atoms with Gasteiger partial charge in [-0.2, -0.15) is 0 Å². The maximum absolute atomic E-state index is 13.2. The SMILES string of the molecule is C=CC1=C(C)c2cc3nc(c4c5[nH]c(cc6[nH]c(cc1n2)c(C)c6CC)c(C)c5C(=O)OC(=O)C4)/C(=C\CC(=O)O)[C@@H]3C. The van der Waals surface area contributed by atoms with E-state index in [1.807, 2.05) is 39.0 Å². The molecule has 43 heavy (non-hydrogen) atoms. The van der Waals surface area contributed by atoms with Crippen molar-refractivity contribution >= 4 is 56.7 Å². The molecule has 9 heteroatoms. The number of carboxylic acids is 1. The quantitative estimate of drug-likeness (QED) is 0.238. The van der Waals surface area contributed by atoms with Crippen LogP contribution in [0.25, 0.3) is 38.8 Å². The monoisotopic (exact) mass is 576 g/mol. The standard InChI is InChI=1S/C34H32N4O5/c1-7-19-15(3)23-12-25-17(5)21(9-10-29(39)40)32(37-25)22-11-30(41)43-34(42)31-18(6)26(38-33(22)31)14-28-20(8-2)16(4)24(36-28)13-27(19)35-23/h7,9,12-14,17,36,38H,1,8,10-11H2,2-6H3,(H,39,40)/b21-9-,23-12?,24-13?,25-12?,26-14?,27-13?,28-14?,32-22?/t17-/m0/s1. The second-order valence-electron chi connectivity index (χ2n) is 11.2. The summed E-state index contributed by atoms with van der Waals surface area (Å²) in [5, 5.41) is 9.51. The molecule has 9 nitrogen and oxygen atoms in total. The second kappa shape index (κ2) is 10.3. The van der Waals surface area contributed by atoms with E-state index in [0.717, 1.165) is 51.1 Å². The summed E-state index contributed by atoms with van der Waals surface area (Å²) < 4.78 is 5.21. The minimum Gasteiger partial charge on any atom is -0.481 e. The van der Waals surface area contributed by atoms with Gasteiger partial charge in [-0.1, -0.05) is 32.6 Å². The molecule has 1 atom stereocenters. The van der Waals surface area contributed by atoms with Crippen LogP contribution in [0.5, 0.6) is 0 Å². The first-order valence-corrected chi connectivity index (χ1v) is 14.3. The Morgan fingerprint density at radius 1 is 1.07 bits per heavy atom. The predicted molar refractivity (Wildman–Crippen MR) is 165 cm³/mol. The Bertz CT molecular complexity index is 2020. The molecule has 3 aliphatic rings. The molecule has 218 valence electrons. The van der Waals surface area contributed by atoms with Crippen molar-refractivity contribution in [3.05, 3.63) is 87.5 Å². The van der Waals surface area contributed by atoms with Crippen LogP contribution in [0.4, 0.5) is 0 Å². The first kappa shape index (κ1) is 28.1. The lowest BCUT2D eigenvalue weighted by Gasteiger charge is -2.08. The molecule has 3 aliphatic heterocycles. The third kappa shape index (κ3) is 4.52. The van der Waals surface area contributed by atoms with Crippen molar-refractivity contribution < 1.29 is 24.2 Å². The summed E-state index contributed by atoms with van der Waals surface area (Å²) in [6.07, 6.45) is 3.78. The van der Waals surface area contributed by atoms with Crippen molar-refractivity contribution in [2.45, 2.75) is 59.8 Å². The molecule has 3 aromatic rings. The lowest BCUT2D eigenvalue weighted by atomic mass is 9.93. The van der Waals surface area contributed by atoms with Crippen molar-refractivity contribution in [1.29, 1.82) is 0 Å². The molecule has 3 N–H and O–H groups in total. The summed E-state index contributed by atoms with van der Waals surface area (Å²) in [6, 6.07) is 5.91. The van der Waals surface area contributed by atoms with E-state index in [0.29, 0.717) is 39.1 Å². The number of carbonyl (C=O) groups is 3. The molecule has 6 heterocycles. The van der Waals surface area contributed by atoms with Gasteiger partial charge in [-0.3, -0.25) is 14.6 Å². The Morgan fingerprint density at radius 3 is 2.51 bits per heavy atom. The zero-order valence-electron chi connectivity index (χ0n) is 24.8. The highest BCUT2D eigenvalue weighted by Gasteiger charge is 2.32. The molecule has 0 saturated heterocycles. The van der Waals surface area contributed by atoms with Crippen LogP contribution in [-0.2, 0) is 27.2 Å². The van der Waals surface area contributed by atoms with Crippen molar-refractivity contribution in [1.82, 2.24) is 19.9 Å². The molecule has 8 bridgehead atoms. The number of cyclic esters (lactones) is 2. The first-order valence-electron chi connectivity index (χ1n) is 14.3. The van der Waals surface area contributed by atoms with Crippen molar-refractivity contribution in [3.63, 3.8) is 0 Å². The zero-order chi connectivity index (χ0) is 30.7. The number of nitrogens with one attached hydrogen (secondary N) is 2. The number of allylic oxidation sites excluding steroid dienone is 4. The number of aromatic amines is 2. The minimum atomic E-state index is -0.986. The molecule has 0 unspecified atom stereocenters. The number of rotatable bonds is 4. The van der Waals surface area contributed by atoms with Crippen LogP contribution in [-0.4, -0.2) is 43.0 Å². The van der Waals surface area contributed by atoms with Gasteiger partial charge in [0.2, 0.25) is 0 Å². The molecule has 0 amide bonds. The Kier molecular flexibility index (Phi) is 6.76. The Morgan fingerprint density at radius 2 is 1.81 bits per heavy atom. The van der Waals surface area contributed by atoms with E-state index in [1.165, 1.54) is 0 Å². The number of carbonyl (C=O) groups excluding carboxylic acids is 2. The van der Waals surface area contributed by atoms with Crippen molar-refractivity contribution in [2.75, 3.05) is 0 Å². The molecule has 0 spiro atoms. The smallest absolute Gasteiger partial charge is 0.348 e. The van der Waals surface area contributed by atoms with Crippen LogP contribution in [0.2, 0.25) is 0 Å². The highest BCUT2D eigenvalue weighted by molar-refractivity contribution is 6.09. The van der Waals surface area contributed by atoms with E-state index >= 15 is 0 Å². The third-order valence-electron chi connectivity index (χ3n) is 8.70. The van der Waals surface area contributed by atoms with E-state index in [4.69, 9.17) is 14.7 Å². The average Bonchev–Trinajstić information content (AvgIpc) is 3.61. The zero-order valence-corrected chi connectivity index (χ0v) is 24.8. The number of aliphatic carboxylic acids is 1. The number of fused-ring (bicyclic) bond motifs is 8. The summed E-state index contributed by atoms with van der Waals surface area (Å²) in [6.45, 7) is 14.0. The Balaban J connectivity index is 1.85. The number of ether oxygens (including phenoxy) is 1. The molecular formula is C34H32N4O5. The number of carboxylic acid groups (broad SMARTS) is 1. The minimum absolute atomic E-state index is 0.208. The van der Waals surface area contributed by atoms with Crippen LogP contribution < -0.4 is 0 Å². The van der Waals surface area contributed by atoms with E-state index in [9.17, 15) is 19.5 Å². The fourth-order valence-corrected chi connectivity index (χ4v) is 6.32. The van der Waals surface area contributed by atoms with Crippen LogP contribution in [0.15, 0.2) is 36.9 Å². The molecular weight excluding hydrogens is 544 g/mol. The van der Waals surface area contributed by atoms with Gasteiger partial charge in [-0.25, -0.2) is 9.78 Å². The fraction of sp³-hybridized carbons (Fsp3) is 0.265. The van der Waals surface area contributed by atoms with Gasteiger partial charge in [-0.05, 0) is 73.2 Å². The number of aromatic nitrogens is 4. The van der Waals surface area contributed by atoms with Crippen molar-refractivity contribution in [2.24, 2.45) is 0 Å². The summed E-state index contributed by atoms with van der Waals surface area (Å²) in [7, 11) is 0. The second-order valence-corrected chi connectivity index (χ2v) is 11.2. The third-order valence-corrected chi connectivity index (χ3v) is 8.70. The maximum atomic E-state index is 13.2. The van der Waals surface area contributed by atoms with E-state index < -0.39 is 17.9 Å². The predicted octanol–water partition coefficient (Wildman–Crippen LogP) is 6.51. The van der Waals surface area contributed by atoms with Crippen LogP contribution in [0.1, 0.15) is 88.5 Å². The van der Waals surface area contributed by atoms with Gasteiger partial charge in [0.25, 0.3) is 0 Å². The number of hydrogen-bond donors (Lipinski definition) is 3. The number of esters is 2.